The zero-order chi connectivity index (χ0) is 44.6. The van der Waals surface area contributed by atoms with Gasteiger partial charge in [-0.1, -0.05) is 118 Å². The van der Waals surface area contributed by atoms with E-state index in [1.54, 1.807) is 6.26 Å². The van der Waals surface area contributed by atoms with Crippen molar-refractivity contribution in [1.29, 1.82) is 0 Å². The number of oxazole rings is 1. The van der Waals surface area contributed by atoms with Crippen molar-refractivity contribution in [2.24, 2.45) is 17.8 Å². The number of hydrogen-bond donors (Lipinski definition) is 1. The van der Waals surface area contributed by atoms with E-state index in [1.807, 2.05) is 25.4 Å². The molecule has 4 fully saturated rings. The van der Waals surface area contributed by atoms with Crippen LogP contribution in [-0.4, -0.2) is 21.6 Å². The molecule has 1 unspecified atom stereocenters. The lowest BCUT2D eigenvalue weighted by molar-refractivity contribution is -0.00512. The average Bonchev–Trinajstić information content (AvgIpc) is 3.95. The summed E-state index contributed by atoms with van der Waals surface area (Å²) >= 11 is 0. The van der Waals surface area contributed by atoms with Crippen LogP contribution in [0.2, 0.25) is 0 Å². The molecule has 0 spiro atoms. The van der Waals surface area contributed by atoms with Crippen LogP contribution in [0.3, 0.4) is 0 Å². The van der Waals surface area contributed by atoms with Crippen LogP contribution in [0.4, 0.5) is 0 Å². The van der Waals surface area contributed by atoms with Gasteiger partial charge in [0.1, 0.15) is 35.3 Å². The molecule has 328 valence electrons. The molecule has 9 aromatic rings. The zero-order valence-electron chi connectivity index (χ0n) is 38.3. The van der Waals surface area contributed by atoms with Crippen LogP contribution in [0.1, 0.15) is 87.9 Å². The fourth-order valence-corrected chi connectivity index (χ4v) is 12.5. The Bertz CT molecular complexity index is 3150. The second-order valence-electron chi connectivity index (χ2n) is 20.5. The number of nitrogens with zero attached hydrogens (tertiary/aromatic N) is 3. The van der Waals surface area contributed by atoms with E-state index in [1.165, 1.54) is 65.9 Å². The number of nitrogens with one attached hydrogen (secondary N) is 1. The number of rotatable bonds is 10. The lowest BCUT2D eigenvalue weighted by Gasteiger charge is -2.57. The maximum Gasteiger partial charge on any atom is 0.216 e. The molecule has 4 aliphatic carbocycles. The topological polar surface area (TPSA) is 65.1 Å². The van der Waals surface area contributed by atoms with Crippen LogP contribution in [0.15, 0.2) is 169 Å². The number of aromatic nitrogens is 3. The predicted molar refractivity (Wildman–Crippen MR) is 267 cm³/mol. The highest BCUT2D eigenvalue weighted by atomic mass is 16.5. The summed E-state index contributed by atoms with van der Waals surface area (Å²) in [6.45, 7) is 6.80. The standard InChI is InChI=1S/C60H56N4O2/c1-59(2,3)44-25-26-62-55(32-44)64-53-24-21-45(60-34-38-27-39(35-60)29-40(28-38)36-60)31-51(53)50-23-22-47(33-54(50)64)66-46-18-11-17-43(30-46)52-37-65-58(63-52)57(61-4)56-48(41-13-7-5-8-14-41)19-12-20-49(56)42-15-9-6-10-16-42/h5-26,30-33,37-40,57,61H,27-29,34-36H2,1-4H3. The minimum absolute atomic E-state index is 0.0161. The molecule has 3 aromatic heterocycles. The average molecular weight is 865 g/mol. The fraction of sp³-hybridized carbons (Fsp3) is 0.267. The lowest BCUT2D eigenvalue weighted by atomic mass is 9.48. The van der Waals surface area contributed by atoms with E-state index in [9.17, 15) is 0 Å². The van der Waals surface area contributed by atoms with Crippen LogP contribution in [-0.2, 0) is 10.8 Å². The molecular formula is C60H56N4O2. The molecule has 1 atom stereocenters. The Balaban J connectivity index is 0.901. The second-order valence-corrected chi connectivity index (χ2v) is 20.5. The zero-order valence-corrected chi connectivity index (χ0v) is 38.3. The number of benzene rings is 6. The van der Waals surface area contributed by atoms with Crippen LogP contribution in [0, 0.1) is 17.8 Å². The quantitative estimate of drug-likeness (QED) is 0.148. The second kappa shape index (κ2) is 16.0. The minimum Gasteiger partial charge on any atom is -0.457 e. The normalized spacial score (nSPS) is 20.6. The summed E-state index contributed by atoms with van der Waals surface area (Å²) in [6, 6.07) is 53.8. The van der Waals surface area contributed by atoms with Gasteiger partial charge in [-0.25, -0.2) is 9.97 Å². The number of fused-ring (bicyclic) bond motifs is 3. The summed E-state index contributed by atoms with van der Waals surface area (Å²) in [5.74, 6) is 5.68. The summed E-state index contributed by atoms with van der Waals surface area (Å²) in [6.07, 6.45) is 12.1. The Morgan fingerprint density at radius 1 is 0.652 bits per heavy atom. The number of hydrogen-bond acceptors (Lipinski definition) is 5. The highest BCUT2D eigenvalue weighted by Crippen LogP contribution is 2.61. The van der Waals surface area contributed by atoms with Crippen molar-refractivity contribution in [3.05, 3.63) is 187 Å². The van der Waals surface area contributed by atoms with Crippen LogP contribution in [0.25, 0.3) is 61.1 Å². The van der Waals surface area contributed by atoms with Gasteiger partial charge in [0.05, 0.1) is 11.0 Å². The molecule has 0 amide bonds. The van der Waals surface area contributed by atoms with Gasteiger partial charge in [0, 0.05) is 28.6 Å². The number of ether oxygens (including phenoxy) is 1. The molecule has 0 saturated heterocycles. The van der Waals surface area contributed by atoms with Crippen molar-refractivity contribution < 1.29 is 9.15 Å². The van der Waals surface area contributed by atoms with Gasteiger partial charge < -0.3 is 14.5 Å². The Hall–Kier alpha value is -6.76. The van der Waals surface area contributed by atoms with Gasteiger partial charge >= 0.3 is 0 Å². The van der Waals surface area contributed by atoms with E-state index < -0.39 is 0 Å². The molecule has 4 bridgehead atoms. The third-order valence-electron chi connectivity index (χ3n) is 15.2. The molecule has 6 heteroatoms. The Kier molecular flexibility index (Phi) is 9.87. The van der Waals surface area contributed by atoms with Crippen molar-refractivity contribution in [2.45, 2.75) is 76.2 Å². The summed E-state index contributed by atoms with van der Waals surface area (Å²) in [5.41, 5.74) is 12.6. The van der Waals surface area contributed by atoms with Crippen LogP contribution < -0.4 is 10.1 Å². The first kappa shape index (κ1) is 40.7. The van der Waals surface area contributed by atoms with E-state index in [0.717, 1.165) is 79.7 Å². The van der Waals surface area contributed by atoms with Gasteiger partial charge in [-0.2, -0.15) is 0 Å². The largest absolute Gasteiger partial charge is 0.457 e. The maximum absolute atomic E-state index is 6.77. The molecule has 13 rings (SSSR count). The summed E-state index contributed by atoms with van der Waals surface area (Å²) in [5, 5.41) is 6.07. The van der Waals surface area contributed by atoms with Crippen molar-refractivity contribution in [3.63, 3.8) is 0 Å². The molecule has 66 heavy (non-hydrogen) atoms. The van der Waals surface area contributed by atoms with E-state index in [0.29, 0.717) is 11.3 Å². The maximum atomic E-state index is 6.77. The summed E-state index contributed by atoms with van der Waals surface area (Å²) in [7, 11) is 1.97. The molecule has 4 saturated carbocycles. The third kappa shape index (κ3) is 7.14. The SMILES string of the molecule is CNC(c1nc(-c2cccc(Oc3ccc4c5cc(C67CC8CC(CC(C8)C6)C7)ccc5n(-c5cc(C(C)(C)C)ccn5)c4c3)c2)co1)c1c(-c2ccccc2)cccc1-c1ccccc1. The first-order chi connectivity index (χ1) is 32.2. The molecule has 0 aliphatic heterocycles. The van der Waals surface area contributed by atoms with E-state index in [2.05, 4.69) is 170 Å². The lowest BCUT2D eigenvalue weighted by Crippen LogP contribution is -2.48. The highest BCUT2D eigenvalue weighted by Gasteiger charge is 2.51. The smallest absolute Gasteiger partial charge is 0.216 e. The summed E-state index contributed by atoms with van der Waals surface area (Å²) < 4.78 is 15.5. The molecule has 0 radical (unpaired) electrons. The predicted octanol–water partition coefficient (Wildman–Crippen LogP) is 15.0. The molecule has 4 aliphatic rings. The van der Waals surface area contributed by atoms with Gasteiger partial charge in [0.2, 0.25) is 5.89 Å². The molecule has 3 heterocycles. The highest BCUT2D eigenvalue weighted by molar-refractivity contribution is 6.10. The van der Waals surface area contributed by atoms with E-state index >= 15 is 0 Å². The fourth-order valence-electron chi connectivity index (χ4n) is 12.5. The Labute approximate surface area is 387 Å². The molecular weight excluding hydrogens is 809 g/mol. The van der Waals surface area contributed by atoms with Crippen LogP contribution >= 0.6 is 0 Å². The monoisotopic (exact) mass is 864 g/mol. The Morgan fingerprint density at radius 2 is 1.30 bits per heavy atom. The van der Waals surface area contributed by atoms with Gasteiger partial charge in [-0.05, 0) is 162 Å². The van der Waals surface area contributed by atoms with Crippen molar-refractivity contribution in [1.82, 2.24) is 19.9 Å². The van der Waals surface area contributed by atoms with Crippen molar-refractivity contribution in [2.75, 3.05) is 7.05 Å². The first-order valence-corrected chi connectivity index (χ1v) is 23.9. The number of pyridine rings is 1. The summed E-state index contributed by atoms with van der Waals surface area (Å²) in [4.78, 5) is 10.2. The van der Waals surface area contributed by atoms with Gasteiger partial charge in [0.25, 0.3) is 0 Å². The van der Waals surface area contributed by atoms with Crippen LogP contribution in [0.5, 0.6) is 11.5 Å². The van der Waals surface area contributed by atoms with Crippen molar-refractivity contribution >= 4 is 21.8 Å². The molecule has 6 aromatic carbocycles. The van der Waals surface area contributed by atoms with Gasteiger partial charge in [-0.3, -0.25) is 4.57 Å². The van der Waals surface area contributed by atoms with Gasteiger partial charge in [-0.15, -0.1) is 0 Å². The van der Waals surface area contributed by atoms with E-state index in [4.69, 9.17) is 19.1 Å². The Morgan fingerprint density at radius 3 is 1.97 bits per heavy atom. The van der Waals surface area contributed by atoms with E-state index in [-0.39, 0.29) is 11.5 Å². The molecule has 1 N–H and O–H groups in total. The van der Waals surface area contributed by atoms with Gasteiger partial charge in [0.15, 0.2) is 0 Å². The molecule has 6 nitrogen and oxygen atoms in total. The van der Waals surface area contributed by atoms with Crippen molar-refractivity contribution in [3.8, 4) is 50.8 Å². The first-order valence-electron chi connectivity index (χ1n) is 23.9. The third-order valence-corrected chi connectivity index (χ3v) is 15.2. The minimum atomic E-state index is -0.314.